The lowest BCUT2D eigenvalue weighted by Gasteiger charge is -2.20. The summed E-state index contributed by atoms with van der Waals surface area (Å²) in [5.74, 6) is 0.431. The summed E-state index contributed by atoms with van der Waals surface area (Å²) in [7, 11) is -1.20. The molecule has 4 aromatic rings. The summed E-state index contributed by atoms with van der Waals surface area (Å²) in [4.78, 5) is 27.7. The number of hydrogen-bond donors (Lipinski definition) is 1. The first-order valence-electron chi connectivity index (χ1n) is 14.6. The number of aromatic nitrogens is 1. The normalized spacial score (nSPS) is 14.5. The van der Waals surface area contributed by atoms with Gasteiger partial charge in [0.25, 0.3) is 0 Å². The molecule has 1 heterocycles. The standard InChI is InChI=1S/C35H37N2O3S/c1-3-5-6-7-11-17-33(38)25-19-21-31-29(23-25)30-24-26(20-22-32(30)37(31)4-2)35(39)28-16-12-13-18-34(28)40-41(36)27-14-9-8-10-15-27/h8-10,12-14,16,18-24,36H,3-7,11,15,17H2,1-2H3/q-1. The quantitative estimate of drug-likeness (QED) is 0.0806. The zero-order valence-electron chi connectivity index (χ0n) is 23.8. The molecule has 5 nitrogen and oxygen atoms in total. The Labute approximate surface area is 244 Å². The zero-order chi connectivity index (χ0) is 28.8. The van der Waals surface area contributed by atoms with Crippen molar-refractivity contribution < 1.29 is 13.8 Å². The lowest BCUT2D eigenvalue weighted by Crippen LogP contribution is -2.08. The third kappa shape index (κ3) is 6.23. The molecule has 0 spiro atoms. The molecular weight excluding hydrogens is 528 g/mol. The van der Waals surface area contributed by atoms with Gasteiger partial charge < -0.3 is 13.5 Å². The van der Waals surface area contributed by atoms with Gasteiger partial charge in [0, 0.05) is 45.9 Å². The van der Waals surface area contributed by atoms with Gasteiger partial charge in [0.05, 0.1) is 5.56 Å². The summed E-state index contributed by atoms with van der Waals surface area (Å²) >= 11 is 0. The highest BCUT2D eigenvalue weighted by molar-refractivity contribution is 7.82. The van der Waals surface area contributed by atoms with Crippen molar-refractivity contribution in [3.8, 4) is 5.75 Å². The van der Waals surface area contributed by atoms with Crippen molar-refractivity contribution >= 4 is 48.8 Å². The van der Waals surface area contributed by atoms with Gasteiger partial charge >= 0.3 is 0 Å². The van der Waals surface area contributed by atoms with E-state index in [1.54, 1.807) is 12.1 Å². The third-order valence-electron chi connectivity index (χ3n) is 7.66. The number of carbonyl (C=O) groups excluding carboxylic acids is 2. The van der Waals surface area contributed by atoms with Gasteiger partial charge in [-0.1, -0.05) is 69.0 Å². The number of rotatable bonds is 12. The average molecular weight is 566 g/mol. The number of nitrogens with zero attached hydrogens (tertiary/aromatic N) is 1. The minimum atomic E-state index is -1.20. The molecule has 1 aliphatic rings. The van der Waals surface area contributed by atoms with Gasteiger partial charge in [-0.2, -0.15) is 0 Å². The SMILES string of the molecule is CCCCCCCC(=O)c1ccc2c(c1)c1cc(C(=O)c3ccccc3O/[S-](=N)=C3/C=CC=CC3)ccc1n2CC. The van der Waals surface area contributed by atoms with E-state index in [4.69, 9.17) is 8.96 Å². The lowest BCUT2D eigenvalue weighted by atomic mass is 9.99. The molecule has 0 amide bonds. The number of aryl methyl sites for hydroxylation is 1. The Kier molecular flexibility index (Phi) is 9.20. The maximum Gasteiger partial charge on any atom is 0.196 e. The van der Waals surface area contributed by atoms with Gasteiger partial charge in [-0.15, -0.1) is 4.86 Å². The van der Waals surface area contributed by atoms with Crippen LogP contribution < -0.4 is 4.18 Å². The minimum absolute atomic E-state index is 0.153. The van der Waals surface area contributed by atoms with Crippen LogP contribution in [0.4, 0.5) is 0 Å². The number of para-hydroxylation sites is 1. The van der Waals surface area contributed by atoms with Crippen LogP contribution in [-0.2, 0) is 17.1 Å². The van der Waals surface area contributed by atoms with Gasteiger partial charge in [-0.3, -0.25) is 9.59 Å². The van der Waals surface area contributed by atoms with E-state index in [9.17, 15) is 9.59 Å². The maximum absolute atomic E-state index is 13.8. The Balaban J connectivity index is 1.48. The molecule has 0 saturated heterocycles. The number of Topliss-reactive ketones (excluding diaryl/α,β-unsaturated/α-hetero) is 1. The number of benzene rings is 3. The number of carbonyl (C=O) groups is 2. The fourth-order valence-corrected chi connectivity index (χ4v) is 6.33. The van der Waals surface area contributed by atoms with E-state index >= 15 is 0 Å². The van der Waals surface area contributed by atoms with Crippen LogP contribution in [0.3, 0.4) is 0 Å². The number of allylic oxidation sites excluding steroid dienone is 4. The summed E-state index contributed by atoms with van der Waals surface area (Å²) in [5, 5.41) is 1.94. The van der Waals surface area contributed by atoms with Gasteiger partial charge in [0.2, 0.25) is 0 Å². The highest BCUT2D eigenvalue weighted by Gasteiger charge is 2.18. The number of fused-ring (bicyclic) bond motifs is 3. The average Bonchev–Trinajstić information content (AvgIpc) is 3.33. The van der Waals surface area contributed by atoms with Crippen LogP contribution in [0.25, 0.3) is 21.8 Å². The fraction of sp³-hybridized carbons (Fsp3) is 0.286. The molecule has 1 aromatic heterocycles. The molecule has 0 aliphatic heterocycles. The van der Waals surface area contributed by atoms with Gasteiger partial charge in [-0.05, 0) is 68.3 Å². The summed E-state index contributed by atoms with van der Waals surface area (Å²) in [6.45, 7) is 5.08. The molecule has 0 fully saturated rings. The van der Waals surface area contributed by atoms with E-state index in [1.165, 1.54) is 19.3 Å². The Hall–Kier alpha value is -3.90. The molecule has 212 valence electrons. The summed E-state index contributed by atoms with van der Waals surface area (Å²) in [6.07, 6.45) is 14.6. The molecule has 0 unspecified atom stereocenters. The van der Waals surface area contributed by atoms with E-state index in [0.717, 1.165) is 51.6 Å². The molecule has 1 N–H and O–H groups in total. The molecule has 0 atom stereocenters. The third-order valence-corrected chi connectivity index (χ3v) is 8.79. The summed E-state index contributed by atoms with van der Waals surface area (Å²) < 4.78 is 16.8. The second-order valence-corrected chi connectivity index (χ2v) is 11.7. The van der Waals surface area contributed by atoms with Crippen LogP contribution in [0, 0.1) is 4.78 Å². The van der Waals surface area contributed by atoms with E-state index in [1.807, 2.05) is 72.8 Å². The molecule has 6 heteroatoms. The van der Waals surface area contributed by atoms with E-state index in [2.05, 4.69) is 18.4 Å². The predicted molar refractivity (Wildman–Crippen MR) is 171 cm³/mol. The number of ketones is 2. The van der Waals surface area contributed by atoms with Crippen LogP contribution in [0.1, 0.15) is 85.1 Å². The number of nitrogens with one attached hydrogen (secondary N) is 1. The van der Waals surface area contributed by atoms with Crippen LogP contribution in [0.15, 0.2) is 85.0 Å². The van der Waals surface area contributed by atoms with Gasteiger partial charge in [0.15, 0.2) is 11.6 Å². The Morgan fingerprint density at radius 1 is 0.878 bits per heavy atom. The van der Waals surface area contributed by atoms with Crippen molar-refractivity contribution in [3.05, 3.63) is 102 Å². The van der Waals surface area contributed by atoms with E-state index in [-0.39, 0.29) is 11.6 Å². The first-order chi connectivity index (χ1) is 20.0. The number of unbranched alkanes of at least 4 members (excludes halogenated alkanes) is 4. The molecule has 0 radical (unpaired) electrons. The largest absolute Gasteiger partial charge is 0.579 e. The molecule has 41 heavy (non-hydrogen) atoms. The molecule has 0 saturated carbocycles. The predicted octanol–water partition coefficient (Wildman–Crippen LogP) is 8.95. The van der Waals surface area contributed by atoms with Crippen molar-refractivity contribution in [1.29, 1.82) is 4.78 Å². The van der Waals surface area contributed by atoms with Gasteiger partial charge in [-0.25, -0.2) is 10.6 Å². The summed E-state index contributed by atoms with van der Waals surface area (Å²) in [6, 6.07) is 18.9. The minimum Gasteiger partial charge on any atom is -0.579 e. The maximum atomic E-state index is 13.8. The Morgan fingerprint density at radius 2 is 1.59 bits per heavy atom. The van der Waals surface area contributed by atoms with E-state index in [0.29, 0.717) is 29.7 Å². The van der Waals surface area contributed by atoms with Crippen molar-refractivity contribution in [2.75, 3.05) is 0 Å². The van der Waals surface area contributed by atoms with Gasteiger partial charge in [0.1, 0.15) is 5.75 Å². The van der Waals surface area contributed by atoms with E-state index < -0.39 is 10.6 Å². The fourth-order valence-electron chi connectivity index (χ4n) is 5.45. The molecular formula is C35H37N2O3S-. The van der Waals surface area contributed by atoms with Crippen molar-refractivity contribution in [3.63, 3.8) is 0 Å². The van der Waals surface area contributed by atoms with Crippen molar-refractivity contribution in [1.82, 2.24) is 4.57 Å². The Bertz CT molecular complexity index is 1750. The molecule has 1 aliphatic carbocycles. The molecule has 3 aromatic carbocycles. The van der Waals surface area contributed by atoms with Crippen LogP contribution in [0.5, 0.6) is 5.75 Å². The first kappa shape index (κ1) is 28.6. The highest BCUT2D eigenvalue weighted by atomic mass is 32.2. The second-order valence-electron chi connectivity index (χ2n) is 10.4. The van der Waals surface area contributed by atoms with Crippen molar-refractivity contribution in [2.24, 2.45) is 0 Å². The number of hydrogen-bond acceptors (Lipinski definition) is 5. The Morgan fingerprint density at radius 3 is 2.29 bits per heavy atom. The topological polar surface area (TPSA) is 72.2 Å². The summed E-state index contributed by atoms with van der Waals surface area (Å²) in [5.41, 5.74) is 3.81. The monoisotopic (exact) mass is 565 g/mol. The highest BCUT2D eigenvalue weighted by Crippen LogP contribution is 2.32. The molecule has 0 bridgehead atoms. The zero-order valence-corrected chi connectivity index (χ0v) is 24.6. The lowest BCUT2D eigenvalue weighted by molar-refractivity contribution is 0.0978. The van der Waals surface area contributed by atoms with Crippen molar-refractivity contribution in [2.45, 2.75) is 65.3 Å². The van der Waals surface area contributed by atoms with Crippen LogP contribution in [-0.4, -0.2) is 21.0 Å². The second kappa shape index (κ2) is 13.2. The van der Waals surface area contributed by atoms with Crippen LogP contribution in [0.2, 0.25) is 0 Å². The first-order valence-corrected chi connectivity index (χ1v) is 15.7. The van der Waals surface area contributed by atoms with Crippen LogP contribution >= 0.6 is 0 Å². The molecule has 5 rings (SSSR count). The smallest absolute Gasteiger partial charge is 0.196 e.